The molecule has 1 heterocycles. The number of hydrogen-bond donors (Lipinski definition) is 1. The van der Waals surface area contributed by atoms with Crippen molar-refractivity contribution in [3.8, 4) is 0 Å². The van der Waals surface area contributed by atoms with Crippen LogP contribution < -0.4 is 0 Å². The van der Waals surface area contributed by atoms with Crippen LogP contribution in [-0.4, -0.2) is 21.7 Å². The molecule has 54 valence electrons. The molecule has 0 aromatic rings. The predicted molar refractivity (Wildman–Crippen MR) is 41.8 cm³/mol. The summed E-state index contributed by atoms with van der Waals surface area (Å²) in [5.74, 6) is 0. The van der Waals surface area contributed by atoms with Gasteiger partial charge < -0.3 is 5.11 Å². The molecule has 0 spiro atoms. The van der Waals surface area contributed by atoms with E-state index >= 15 is 0 Å². The molecule has 1 rings (SSSR count). The third-order valence-corrected chi connectivity index (χ3v) is 2.99. The molecule has 0 bridgehead atoms. The summed E-state index contributed by atoms with van der Waals surface area (Å²) in [7, 11) is 0. The Bertz CT molecular complexity index is 69.9. The quantitative estimate of drug-likeness (QED) is 0.561. The van der Waals surface area contributed by atoms with Crippen LogP contribution in [0, 0.1) is 0 Å². The van der Waals surface area contributed by atoms with Crippen LogP contribution in [0.25, 0.3) is 0 Å². The van der Waals surface area contributed by atoms with Crippen molar-refractivity contribution in [2.75, 3.05) is 0 Å². The number of aliphatic hydroxyl groups is 1. The molecule has 1 saturated heterocycles. The molecule has 0 aromatic heterocycles. The van der Waals surface area contributed by atoms with Gasteiger partial charge in [-0.15, -0.1) is 0 Å². The number of rotatable bonds is 0. The maximum absolute atomic E-state index is 9.24. The molecule has 1 nitrogen and oxygen atoms in total. The highest BCUT2D eigenvalue weighted by molar-refractivity contribution is 8.00. The molecule has 1 fully saturated rings. The van der Waals surface area contributed by atoms with E-state index < -0.39 is 0 Å². The molecule has 0 aromatic carbocycles. The van der Waals surface area contributed by atoms with Crippen LogP contribution in [0.4, 0.5) is 0 Å². The van der Waals surface area contributed by atoms with Gasteiger partial charge in [0.05, 0.1) is 6.10 Å². The molecule has 2 unspecified atom stereocenters. The third kappa shape index (κ3) is 2.18. The second kappa shape index (κ2) is 2.93. The zero-order valence-corrected chi connectivity index (χ0v) is 6.82. The van der Waals surface area contributed by atoms with Gasteiger partial charge in [0.2, 0.25) is 0 Å². The fourth-order valence-electron chi connectivity index (χ4n) is 1.37. The Morgan fingerprint density at radius 2 is 1.67 bits per heavy atom. The van der Waals surface area contributed by atoms with E-state index in [4.69, 9.17) is 0 Å². The minimum atomic E-state index is -0.0313. The first-order valence-corrected chi connectivity index (χ1v) is 4.46. The maximum atomic E-state index is 9.24. The highest BCUT2D eigenvalue weighted by Crippen LogP contribution is 2.30. The highest BCUT2D eigenvalue weighted by Gasteiger charge is 2.21. The Kier molecular flexibility index (Phi) is 2.42. The van der Waals surface area contributed by atoms with Crippen molar-refractivity contribution < 1.29 is 5.11 Å². The van der Waals surface area contributed by atoms with Crippen LogP contribution in [0.15, 0.2) is 0 Å². The van der Waals surface area contributed by atoms with Gasteiger partial charge in [-0.1, -0.05) is 13.8 Å². The number of thioether (sulfide) groups is 1. The molecule has 1 N–H and O–H groups in total. The normalized spacial score (nSPS) is 45.0. The van der Waals surface area contributed by atoms with E-state index in [1.54, 1.807) is 0 Å². The molecule has 0 saturated carbocycles. The molecule has 2 heteroatoms. The molecular weight excluding hydrogens is 132 g/mol. The van der Waals surface area contributed by atoms with Crippen molar-refractivity contribution in [3.63, 3.8) is 0 Å². The summed E-state index contributed by atoms with van der Waals surface area (Å²) in [5.41, 5.74) is 0. The molecule has 2 atom stereocenters. The third-order valence-electron chi connectivity index (χ3n) is 1.67. The summed E-state index contributed by atoms with van der Waals surface area (Å²) in [6.45, 7) is 4.37. The summed E-state index contributed by atoms with van der Waals surface area (Å²) in [5, 5.41) is 10.5. The lowest BCUT2D eigenvalue weighted by Crippen LogP contribution is -2.24. The van der Waals surface area contributed by atoms with Crippen LogP contribution >= 0.6 is 11.8 Å². The largest absolute Gasteiger partial charge is 0.393 e. The van der Waals surface area contributed by atoms with Crippen LogP contribution in [0.2, 0.25) is 0 Å². The maximum Gasteiger partial charge on any atom is 0.0561 e. The first-order valence-electron chi connectivity index (χ1n) is 3.52. The van der Waals surface area contributed by atoms with E-state index in [1.165, 1.54) is 0 Å². The van der Waals surface area contributed by atoms with Crippen molar-refractivity contribution in [1.82, 2.24) is 0 Å². The Labute approximate surface area is 60.8 Å². The summed E-state index contributed by atoms with van der Waals surface area (Å²) in [4.78, 5) is 0. The minimum absolute atomic E-state index is 0.0313. The average molecular weight is 146 g/mol. The summed E-state index contributed by atoms with van der Waals surface area (Å²) in [6, 6.07) is 0. The van der Waals surface area contributed by atoms with E-state index in [-0.39, 0.29) is 6.10 Å². The van der Waals surface area contributed by atoms with Gasteiger partial charge in [0.1, 0.15) is 0 Å². The van der Waals surface area contributed by atoms with Crippen LogP contribution in [0.3, 0.4) is 0 Å². The van der Waals surface area contributed by atoms with E-state index in [9.17, 15) is 5.11 Å². The Morgan fingerprint density at radius 1 is 1.22 bits per heavy atom. The van der Waals surface area contributed by atoms with Gasteiger partial charge in [-0.2, -0.15) is 11.8 Å². The van der Waals surface area contributed by atoms with Crippen molar-refractivity contribution in [3.05, 3.63) is 0 Å². The standard InChI is InChI=1S/C7H14OS/c1-5-3-7(8)4-6(2)9-5/h5-8H,3-4H2,1-2H3. The Hall–Kier alpha value is 0.310. The van der Waals surface area contributed by atoms with Crippen molar-refractivity contribution in [2.45, 2.75) is 43.3 Å². The highest BCUT2D eigenvalue weighted by atomic mass is 32.2. The molecule has 9 heavy (non-hydrogen) atoms. The van der Waals surface area contributed by atoms with Crippen molar-refractivity contribution in [2.24, 2.45) is 0 Å². The van der Waals surface area contributed by atoms with E-state index in [0.29, 0.717) is 10.5 Å². The average Bonchev–Trinajstić information content (AvgIpc) is 1.59. The lowest BCUT2D eigenvalue weighted by molar-refractivity contribution is 0.151. The molecule has 0 radical (unpaired) electrons. The predicted octanol–water partition coefficient (Wildman–Crippen LogP) is 1.65. The van der Waals surface area contributed by atoms with E-state index in [0.717, 1.165) is 12.8 Å². The fraction of sp³-hybridized carbons (Fsp3) is 1.00. The van der Waals surface area contributed by atoms with Crippen LogP contribution in [0.1, 0.15) is 26.7 Å². The SMILES string of the molecule is CC1CC(O)CC(C)S1. The van der Waals surface area contributed by atoms with Crippen LogP contribution in [0.5, 0.6) is 0 Å². The van der Waals surface area contributed by atoms with Gasteiger partial charge >= 0.3 is 0 Å². The molecule has 1 aliphatic heterocycles. The van der Waals surface area contributed by atoms with Crippen LogP contribution in [-0.2, 0) is 0 Å². The first kappa shape index (κ1) is 7.42. The second-order valence-electron chi connectivity index (χ2n) is 2.88. The van der Waals surface area contributed by atoms with Gasteiger partial charge in [0.25, 0.3) is 0 Å². The van der Waals surface area contributed by atoms with E-state index in [2.05, 4.69) is 13.8 Å². The monoisotopic (exact) mass is 146 g/mol. The van der Waals surface area contributed by atoms with Crippen molar-refractivity contribution in [1.29, 1.82) is 0 Å². The Balaban J connectivity index is 2.34. The summed E-state index contributed by atoms with van der Waals surface area (Å²) in [6.07, 6.45) is 1.93. The van der Waals surface area contributed by atoms with Gasteiger partial charge in [0, 0.05) is 10.5 Å². The van der Waals surface area contributed by atoms with Gasteiger partial charge in [0.15, 0.2) is 0 Å². The lowest BCUT2D eigenvalue weighted by atomic mass is 10.1. The van der Waals surface area contributed by atoms with E-state index in [1.807, 2.05) is 11.8 Å². The molecule has 1 aliphatic rings. The summed E-state index contributed by atoms with van der Waals surface area (Å²) >= 11 is 1.98. The van der Waals surface area contributed by atoms with Gasteiger partial charge in [-0.3, -0.25) is 0 Å². The Morgan fingerprint density at radius 3 is 2.00 bits per heavy atom. The first-order chi connectivity index (χ1) is 4.18. The van der Waals surface area contributed by atoms with Gasteiger partial charge in [-0.25, -0.2) is 0 Å². The smallest absolute Gasteiger partial charge is 0.0561 e. The van der Waals surface area contributed by atoms with Gasteiger partial charge in [-0.05, 0) is 12.8 Å². The summed E-state index contributed by atoms with van der Waals surface area (Å²) < 4.78 is 0. The van der Waals surface area contributed by atoms with Crippen molar-refractivity contribution >= 4 is 11.8 Å². The second-order valence-corrected chi connectivity index (χ2v) is 4.76. The molecular formula is C7H14OS. The number of hydrogen-bond acceptors (Lipinski definition) is 2. The zero-order valence-electron chi connectivity index (χ0n) is 6.00. The molecule has 0 aliphatic carbocycles. The topological polar surface area (TPSA) is 20.2 Å². The molecule has 0 amide bonds. The lowest BCUT2D eigenvalue weighted by Gasteiger charge is -2.27. The minimum Gasteiger partial charge on any atom is -0.393 e. The zero-order chi connectivity index (χ0) is 6.85. The number of aliphatic hydroxyl groups excluding tert-OH is 1. The fourth-order valence-corrected chi connectivity index (χ4v) is 2.83.